The van der Waals surface area contributed by atoms with Crippen LogP contribution < -0.4 is 10.2 Å². The fourth-order valence-corrected chi connectivity index (χ4v) is 3.10. The van der Waals surface area contributed by atoms with E-state index in [1.165, 1.54) is 0 Å². The third-order valence-electron chi connectivity index (χ3n) is 4.50. The number of amides is 2. The number of benzene rings is 2. The van der Waals surface area contributed by atoms with Crippen molar-refractivity contribution in [3.63, 3.8) is 0 Å². The van der Waals surface area contributed by atoms with Crippen LogP contribution in [0.25, 0.3) is 11.4 Å². The van der Waals surface area contributed by atoms with Crippen molar-refractivity contribution in [1.82, 2.24) is 15.5 Å². The van der Waals surface area contributed by atoms with E-state index in [0.29, 0.717) is 24.7 Å². The van der Waals surface area contributed by atoms with Crippen molar-refractivity contribution in [3.05, 3.63) is 66.6 Å². The molecule has 0 bridgehead atoms. The van der Waals surface area contributed by atoms with Gasteiger partial charge in [0, 0.05) is 17.8 Å². The molecule has 1 N–H and O–H groups in total. The van der Waals surface area contributed by atoms with E-state index in [-0.39, 0.29) is 18.4 Å². The van der Waals surface area contributed by atoms with Gasteiger partial charge in [0.05, 0.1) is 6.54 Å². The Kier molecular flexibility index (Phi) is 4.65. The van der Waals surface area contributed by atoms with Crippen LogP contribution in [-0.4, -0.2) is 28.5 Å². The summed E-state index contributed by atoms with van der Waals surface area (Å²) in [6.07, 6.45) is 0.485. The van der Waals surface area contributed by atoms with Gasteiger partial charge >= 0.3 is 0 Å². The molecule has 7 nitrogen and oxygen atoms in total. The third-order valence-corrected chi connectivity index (χ3v) is 4.50. The zero-order valence-corrected chi connectivity index (χ0v) is 14.5. The smallest absolute Gasteiger partial charge is 0.246 e. The molecule has 3 aromatic rings. The number of nitrogens with zero attached hydrogens (tertiary/aromatic N) is 3. The second-order valence-corrected chi connectivity index (χ2v) is 6.26. The molecule has 2 amide bonds. The van der Waals surface area contributed by atoms with E-state index in [9.17, 15) is 9.59 Å². The molecule has 1 saturated heterocycles. The summed E-state index contributed by atoms with van der Waals surface area (Å²) in [4.78, 5) is 30.9. The van der Waals surface area contributed by atoms with Crippen LogP contribution in [0.5, 0.6) is 0 Å². The van der Waals surface area contributed by atoms with Crippen molar-refractivity contribution < 1.29 is 14.1 Å². The molecule has 2 aromatic carbocycles. The predicted octanol–water partition coefficient (Wildman–Crippen LogP) is 2.41. The van der Waals surface area contributed by atoms with Crippen LogP contribution in [0, 0.1) is 5.92 Å². The standard InChI is InChI=1S/C20H18N4O3/c25-19(16-11-12-24(20(16)26)15-9-5-2-6-10-15)21-13-17-22-18(23-27-17)14-7-3-1-4-8-14/h1-10,16H,11-13H2,(H,21,25). The molecule has 7 heteroatoms. The maximum absolute atomic E-state index is 12.6. The normalized spacial score (nSPS) is 16.5. The van der Waals surface area contributed by atoms with E-state index in [0.717, 1.165) is 11.3 Å². The Bertz CT molecular complexity index is 940. The number of anilines is 1. The molecule has 1 aliphatic rings. The van der Waals surface area contributed by atoms with Gasteiger partial charge in [-0.1, -0.05) is 53.7 Å². The van der Waals surface area contributed by atoms with Gasteiger partial charge in [-0.05, 0) is 18.6 Å². The first-order valence-electron chi connectivity index (χ1n) is 8.74. The van der Waals surface area contributed by atoms with E-state index in [1.807, 2.05) is 60.7 Å². The lowest BCUT2D eigenvalue weighted by molar-refractivity contribution is -0.132. The van der Waals surface area contributed by atoms with Gasteiger partial charge in [-0.3, -0.25) is 9.59 Å². The van der Waals surface area contributed by atoms with Gasteiger partial charge < -0.3 is 14.7 Å². The molecular weight excluding hydrogens is 344 g/mol. The first kappa shape index (κ1) is 17.0. The minimum atomic E-state index is -0.693. The van der Waals surface area contributed by atoms with Crippen LogP contribution in [0.2, 0.25) is 0 Å². The average molecular weight is 362 g/mol. The Balaban J connectivity index is 1.36. The molecule has 0 saturated carbocycles. The van der Waals surface area contributed by atoms with Crippen molar-refractivity contribution in [2.45, 2.75) is 13.0 Å². The van der Waals surface area contributed by atoms with Crippen LogP contribution >= 0.6 is 0 Å². The summed E-state index contributed by atoms with van der Waals surface area (Å²) in [6, 6.07) is 18.8. The Labute approximate surface area is 156 Å². The molecule has 1 fully saturated rings. The van der Waals surface area contributed by atoms with Crippen LogP contribution in [0.1, 0.15) is 12.3 Å². The SMILES string of the molecule is O=C(NCc1nc(-c2ccccc2)no1)C1CCN(c2ccccc2)C1=O. The second-order valence-electron chi connectivity index (χ2n) is 6.26. The van der Waals surface area contributed by atoms with E-state index >= 15 is 0 Å². The third kappa shape index (κ3) is 3.57. The topological polar surface area (TPSA) is 88.3 Å². The van der Waals surface area contributed by atoms with Crippen molar-refractivity contribution in [3.8, 4) is 11.4 Å². The van der Waals surface area contributed by atoms with Gasteiger partial charge in [-0.15, -0.1) is 0 Å². The highest BCUT2D eigenvalue weighted by Gasteiger charge is 2.37. The number of para-hydroxylation sites is 1. The first-order chi connectivity index (χ1) is 13.2. The summed E-state index contributed by atoms with van der Waals surface area (Å²) >= 11 is 0. The molecule has 27 heavy (non-hydrogen) atoms. The summed E-state index contributed by atoms with van der Waals surface area (Å²) < 4.78 is 5.18. The largest absolute Gasteiger partial charge is 0.346 e. The van der Waals surface area contributed by atoms with Crippen molar-refractivity contribution in [2.24, 2.45) is 5.92 Å². The number of carbonyl (C=O) groups is 2. The van der Waals surface area contributed by atoms with Crippen molar-refractivity contribution >= 4 is 17.5 Å². The first-order valence-corrected chi connectivity index (χ1v) is 8.74. The lowest BCUT2D eigenvalue weighted by atomic mass is 10.1. The number of rotatable bonds is 5. The zero-order chi connectivity index (χ0) is 18.6. The van der Waals surface area contributed by atoms with Crippen LogP contribution in [0.3, 0.4) is 0 Å². The Morgan fingerprint density at radius 2 is 1.81 bits per heavy atom. The zero-order valence-electron chi connectivity index (χ0n) is 14.5. The lowest BCUT2D eigenvalue weighted by Crippen LogP contribution is -2.36. The number of carbonyl (C=O) groups excluding carboxylic acids is 2. The second kappa shape index (κ2) is 7.41. The number of hydrogen-bond acceptors (Lipinski definition) is 5. The highest BCUT2D eigenvalue weighted by Crippen LogP contribution is 2.25. The Hall–Kier alpha value is -3.48. The van der Waals surface area contributed by atoms with E-state index < -0.39 is 5.92 Å². The maximum Gasteiger partial charge on any atom is 0.246 e. The van der Waals surface area contributed by atoms with E-state index in [1.54, 1.807) is 4.90 Å². The molecule has 1 aliphatic heterocycles. The number of nitrogens with one attached hydrogen (secondary N) is 1. The summed E-state index contributed by atoms with van der Waals surface area (Å²) in [7, 11) is 0. The van der Waals surface area contributed by atoms with Gasteiger partial charge in [-0.25, -0.2) is 0 Å². The number of aromatic nitrogens is 2. The Morgan fingerprint density at radius 1 is 1.11 bits per heavy atom. The molecule has 4 rings (SSSR count). The van der Waals surface area contributed by atoms with Crippen LogP contribution in [0.15, 0.2) is 65.2 Å². The highest BCUT2D eigenvalue weighted by molar-refractivity contribution is 6.09. The van der Waals surface area contributed by atoms with Crippen molar-refractivity contribution in [2.75, 3.05) is 11.4 Å². The maximum atomic E-state index is 12.6. The van der Waals surface area contributed by atoms with Gasteiger partial charge in [0.1, 0.15) is 5.92 Å². The summed E-state index contributed by atoms with van der Waals surface area (Å²) in [5, 5.41) is 6.64. The molecule has 0 spiro atoms. The van der Waals surface area contributed by atoms with E-state index in [4.69, 9.17) is 4.52 Å². The van der Waals surface area contributed by atoms with Crippen molar-refractivity contribution in [1.29, 1.82) is 0 Å². The Morgan fingerprint density at radius 3 is 2.56 bits per heavy atom. The fourth-order valence-electron chi connectivity index (χ4n) is 3.10. The molecule has 1 aromatic heterocycles. The molecule has 2 heterocycles. The minimum Gasteiger partial charge on any atom is -0.346 e. The highest BCUT2D eigenvalue weighted by atomic mass is 16.5. The molecule has 1 atom stereocenters. The molecular formula is C20H18N4O3. The molecule has 136 valence electrons. The summed E-state index contributed by atoms with van der Waals surface area (Å²) in [5.74, 6) is -0.437. The van der Waals surface area contributed by atoms with Gasteiger partial charge in [0.25, 0.3) is 0 Å². The lowest BCUT2D eigenvalue weighted by Gasteiger charge is -2.16. The summed E-state index contributed by atoms with van der Waals surface area (Å²) in [6.45, 7) is 0.618. The van der Waals surface area contributed by atoms with Crippen LogP contribution in [0.4, 0.5) is 5.69 Å². The average Bonchev–Trinajstić information content (AvgIpc) is 3.34. The van der Waals surface area contributed by atoms with Gasteiger partial charge in [0.2, 0.25) is 23.5 Å². The molecule has 0 radical (unpaired) electrons. The van der Waals surface area contributed by atoms with E-state index in [2.05, 4.69) is 15.5 Å². The van der Waals surface area contributed by atoms with Crippen LogP contribution in [-0.2, 0) is 16.1 Å². The quantitative estimate of drug-likeness (QED) is 0.704. The monoisotopic (exact) mass is 362 g/mol. The predicted molar refractivity (Wildman–Crippen MR) is 98.5 cm³/mol. The number of hydrogen-bond donors (Lipinski definition) is 1. The van der Waals surface area contributed by atoms with Gasteiger partial charge in [0.15, 0.2) is 0 Å². The van der Waals surface area contributed by atoms with Gasteiger partial charge in [-0.2, -0.15) is 4.98 Å². The molecule has 0 aliphatic carbocycles. The fraction of sp³-hybridized carbons (Fsp3) is 0.200. The summed E-state index contributed by atoms with van der Waals surface area (Å²) in [5.41, 5.74) is 1.64. The minimum absolute atomic E-state index is 0.0911. The molecule has 1 unspecified atom stereocenters.